The van der Waals surface area contributed by atoms with E-state index >= 15 is 0 Å². The van der Waals surface area contributed by atoms with Crippen LogP contribution in [0, 0.1) is 0 Å². The van der Waals surface area contributed by atoms with E-state index in [2.05, 4.69) is 25.5 Å². The van der Waals surface area contributed by atoms with Gasteiger partial charge in [0.25, 0.3) is 5.56 Å². The molecule has 40 heavy (non-hydrogen) atoms. The lowest BCUT2D eigenvalue weighted by Gasteiger charge is -2.13. The molecule has 4 heterocycles. The topological polar surface area (TPSA) is 104 Å². The van der Waals surface area contributed by atoms with Crippen LogP contribution in [0.25, 0.3) is 50.1 Å². The smallest absolute Gasteiger partial charge is 0.282 e. The molecule has 0 aliphatic carbocycles. The monoisotopic (exact) mass is 523 g/mol. The number of aromatic nitrogens is 6. The minimum atomic E-state index is -0.187. The normalized spacial score (nSPS) is 11.4. The number of hydrogen-bond acceptors (Lipinski definition) is 5. The first-order valence-electron chi connectivity index (χ1n) is 13.1. The van der Waals surface area contributed by atoms with Crippen LogP contribution in [0.15, 0.2) is 114 Å². The molecule has 3 aromatic carbocycles. The van der Waals surface area contributed by atoms with Crippen LogP contribution in [0.3, 0.4) is 0 Å². The van der Waals surface area contributed by atoms with Crippen molar-refractivity contribution in [2.45, 2.75) is 13.1 Å². The SMILES string of the molecule is O=c1c(-c2ccc3ncccc3c2)c(CNCc2cc[nH]n2)[nH]c2c(-c3ccccc3)c(-c3ccccc3)nn12. The third kappa shape index (κ3) is 4.26. The van der Waals surface area contributed by atoms with Crippen molar-refractivity contribution < 1.29 is 0 Å². The summed E-state index contributed by atoms with van der Waals surface area (Å²) in [4.78, 5) is 22.4. The van der Waals surface area contributed by atoms with Crippen molar-refractivity contribution in [3.63, 3.8) is 0 Å². The highest BCUT2D eigenvalue weighted by Gasteiger charge is 2.22. The number of benzene rings is 3. The largest absolute Gasteiger partial charge is 0.341 e. The highest BCUT2D eigenvalue weighted by molar-refractivity contribution is 5.91. The van der Waals surface area contributed by atoms with Crippen molar-refractivity contribution in [2.75, 3.05) is 0 Å². The molecule has 3 N–H and O–H groups in total. The van der Waals surface area contributed by atoms with Gasteiger partial charge in [0.15, 0.2) is 0 Å². The first kappa shape index (κ1) is 23.8. The fourth-order valence-corrected chi connectivity index (χ4v) is 5.16. The minimum Gasteiger partial charge on any atom is -0.341 e. The van der Waals surface area contributed by atoms with Gasteiger partial charge < -0.3 is 10.3 Å². The number of fused-ring (bicyclic) bond motifs is 2. The zero-order valence-electron chi connectivity index (χ0n) is 21.5. The number of H-pyrrole nitrogens is 2. The van der Waals surface area contributed by atoms with E-state index in [-0.39, 0.29) is 5.56 Å². The fraction of sp³-hybridized carbons (Fsp3) is 0.0625. The van der Waals surface area contributed by atoms with Crippen LogP contribution in [0.1, 0.15) is 11.4 Å². The van der Waals surface area contributed by atoms with Crippen molar-refractivity contribution >= 4 is 16.6 Å². The average molecular weight is 524 g/mol. The third-order valence-corrected chi connectivity index (χ3v) is 7.03. The Morgan fingerprint density at radius 3 is 2.35 bits per heavy atom. The van der Waals surface area contributed by atoms with Crippen LogP contribution in [0.4, 0.5) is 0 Å². The van der Waals surface area contributed by atoms with Gasteiger partial charge in [0, 0.05) is 42.1 Å². The fourth-order valence-electron chi connectivity index (χ4n) is 5.16. The molecule has 0 unspecified atom stereocenters. The Morgan fingerprint density at radius 2 is 1.57 bits per heavy atom. The molecule has 0 radical (unpaired) electrons. The highest BCUT2D eigenvalue weighted by Crippen LogP contribution is 2.35. The van der Waals surface area contributed by atoms with Gasteiger partial charge in [-0.2, -0.15) is 14.7 Å². The van der Waals surface area contributed by atoms with E-state index in [1.54, 1.807) is 12.4 Å². The van der Waals surface area contributed by atoms with Gasteiger partial charge in [-0.1, -0.05) is 72.8 Å². The Morgan fingerprint density at radius 1 is 0.775 bits per heavy atom. The molecule has 0 saturated carbocycles. The molecule has 4 aromatic heterocycles. The van der Waals surface area contributed by atoms with Crippen molar-refractivity contribution in [2.24, 2.45) is 0 Å². The van der Waals surface area contributed by atoms with E-state index < -0.39 is 0 Å². The highest BCUT2D eigenvalue weighted by atomic mass is 16.1. The van der Waals surface area contributed by atoms with Crippen LogP contribution in [0.2, 0.25) is 0 Å². The summed E-state index contributed by atoms with van der Waals surface area (Å²) in [6.07, 6.45) is 3.56. The van der Waals surface area contributed by atoms with Crippen molar-refractivity contribution in [3.05, 3.63) is 131 Å². The number of nitrogens with one attached hydrogen (secondary N) is 3. The standard InChI is InChI=1S/C32H25N7O/c40-32-28(24-13-14-26-23(18-24)12-7-16-34-26)27(20-33-19-25-15-17-35-37-25)36-31-29(21-8-3-1-4-9-21)30(38-39(31)32)22-10-5-2-6-11-22/h1-18,33,36H,19-20H2,(H,35,37). The minimum absolute atomic E-state index is 0.187. The molecule has 0 saturated heterocycles. The van der Waals surface area contributed by atoms with Gasteiger partial charge in [-0.3, -0.25) is 14.9 Å². The number of hydrogen-bond donors (Lipinski definition) is 3. The summed E-state index contributed by atoms with van der Waals surface area (Å²) in [5, 5.41) is 16.4. The molecule has 194 valence electrons. The van der Waals surface area contributed by atoms with Gasteiger partial charge in [0.2, 0.25) is 0 Å². The van der Waals surface area contributed by atoms with Gasteiger partial charge in [0.05, 0.1) is 22.3 Å². The predicted molar refractivity (Wildman–Crippen MR) is 157 cm³/mol. The van der Waals surface area contributed by atoms with E-state index in [1.165, 1.54) is 4.52 Å². The Bertz CT molecular complexity index is 1990. The molecule has 8 heteroatoms. The lowest BCUT2D eigenvalue weighted by molar-refractivity contribution is 0.664. The first-order chi connectivity index (χ1) is 19.8. The maximum atomic E-state index is 14.3. The average Bonchev–Trinajstić information content (AvgIpc) is 3.66. The van der Waals surface area contributed by atoms with Crippen LogP contribution < -0.4 is 10.9 Å². The predicted octanol–water partition coefficient (Wildman–Crippen LogP) is 5.58. The van der Waals surface area contributed by atoms with Crippen molar-refractivity contribution in [1.82, 2.24) is 35.1 Å². The molecule has 0 fully saturated rings. The van der Waals surface area contributed by atoms with E-state index in [0.717, 1.165) is 50.2 Å². The van der Waals surface area contributed by atoms with Crippen LogP contribution in [-0.2, 0) is 13.1 Å². The Labute approximate surface area is 229 Å². The Balaban J connectivity index is 1.47. The second-order valence-electron chi connectivity index (χ2n) is 9.58. The Kier molecular flexibility index (Phi) is 5.99. The number of aromatic amines is 2. The summed E-state index contributed by atoms with van der Waals surface area (Å²) in [5.74, 6) is 0. The molecular weight excluding hydrogens is 498 g/mol. The molecule has 7 rings (SSSR count). The van der Waals surface area contributed by atoms with Gasteiger partial charge in [-0.05, 0) is 35.4 Å². The van der Waals surface area contributed by atoms with E-state index in [0.29, 0.717) is 24.3 Å². The Hall–Kier alpha value is -5.34. The molecule has 0 spiro atoms. The molecule has 8 nitrogen and oxygen atoms in total. The summed E-state index contributed by atoms with van der Waals surface area (Å²) in [6.45, 7) is 0.983. The van der Waals surface area contributed by atoms with E-state index in [4.69, 9.17) is 5.10 Å². The van der Waals surface area contributed by atoms with Crippen molar-refractivity contribution in [1.29, 1.82) is 0 Å². The molecule has 0 aliphatic heterocycles. The van der Waals surface area contributed by atoms with Crippen molar-refractivity contribution in [3.8, 4) is 33.5 Å². The summed E-state index contributed by atoms with van der Waals surface area (Å²) in [7, 11) is 0. The second kappa shape index (κ2) is 10.1. The lowest BCUT2D eigenvalue weighted by atomic mass is 10.0. The molecule has 7 aromatic rings. The quantitative estimate of drug-likeness (QED) is 0.253. The molecule has 0 aliphatic rings. The zero-order chi connectivity index (χ0) is 26.9. The third-order valence-electron chi connectivity index (χ3n) is 7.03. The lowest BCUT2D eigenvalue weighted by Crippen LogP contribution is -2.23. The van der Waals surface area contributed by atoms with Gasteiger partial charge in [0.1, 0.15) is 11.3 Å². The molecule has 0 amide bonds. The number of nitrogens with zero attached hydrogens (tertiary/aromatic N) is 4. The van der Waals surface area contributed by atoms with Crippen LogP contribution in [0.5, 0.6) is 0 Å². The second-order valence-corrected chi connectivity index (χ2v) is 9.58. The molecule has 0 atom stereocenters. The maximum absolute atomic E-state index is 14.3. The summed E-state index contributed by atoms with van der Waals surface area (Å²) < 4.78 is 1.50. The summed E-state index contributed by atoms with van der Waals surface area (Å²) >= 11 is 0. The van der Waals surface area contributed by atoms with Gasteiger partial charge in [-0.25, -0.2) is 0 Å². The summed E-state index contributed by atoms with van der Waals surface area (Å²) in [5.41, 5.74) is 7.91. The number of rotatable bonds is 7. The zero-order valence-corrected chi connectivity index (χ0v) is 21.5. The van der Waals surface area contributed by atoms with Gasteiger partial charge in [-0.15, -0.1) is 0 Å². The molecular formula is C32H25N7O. The van der Waals surface area contributed by atoms with Crippen LogP contribution in [-0.4, -0.2) is 29.8 Å². The first-order valence-corrected chi connectivity index (χ1v) is 13.1. The van der Waals surface area contributed by atoms with Gasteiger partial charge >= 0.3 is 0 Å². The maximum Gasteiger partial charge on any atom is 0.282 e. The number of pyridine rings is 1. The van der Waals surface area contributed by atoms with E-state index in [9.17, 15) is 4.79 Å². The summed E-state index contributed by atoms with van der Waals surface area (Å²) in [6, 6.07) is 31.8. The molecule has 0 bridgehead atoms. The van der Waals surface area contributed by atoms with Crippen LogP contribution >= 0.6 is 0 Å². The van der Waals surface area contributed by atoms with E-state index in [1.807, 2.05) is 97.1 Å².